The van der Waals surface area contributed by atoms with Crippen LogP contribution in [0.2, 0.25) is 0 Å². The molecule has 5 nitrogen and oxygen atoms in total. The van der Waals surface area contributed by atoms with E-state index in [0.717, 1.165) is 11.3 Å². The third-order valence-electron chi connectivity index (χ3n) is 3.54. The number of carbonyl (C=O) groups excluding carboxylic acids is 2. The quantitative estimate of drug-likeness (QED) is 0.672. The second-order valence-corrected chi connectivity index (χ2v) is 7.10. The minimum absolute atomic E-state index is 0.0975. The molecule has 0 unspecified atom stereocenters. The van der Waals surface area contributed by atoms with Gasteiger partial charge in [-0.2, -0.15) is 0 Å². The molecule has 0 saturated carbocycles. The second kappa shape index (κ2) is 9.93. The molecule has 1 aromatic carbocycles. The molecule has 134 valence electrons. The molecule has 2 rings (SSSR count). The number of rotatable bonds is 9. The van der Waals surface area contributed by atoms with Gasteiger partial charge in [-0.25, -0.2) is 0 Å². The van der Waals surface area contributed by atoms with E-state index in [1.165, 1.54) is 11.8 Å². The number of carbonyl (C=O) groups is 2. The highest BCUT2D eigenvalue weighted by atomic mass is 32.2. The minimum atomic E-state index is -0.101. The molecule has 1 aromatic heterocycles. The molecular weight excluding hydrogens is 336 g/mol. The molecule has 0 aliphatic carbocycles. The van der Waals surface area contributed by atoms with Gasteiger partial charge in [0.15, 0.2) is 0 Å². The molecule has 6 heteroatoms. The third kappa shape index (κ3) is 6.66. The normalized spacial score (nSPS) is 10.7. The van der Waals surface area contributed by atoms with Crippen LogP contribution in [-0.2, 0) is 11.3 Å². The molecule has 2 aromatic rings. The lowest BCUT2D eigenvalue weighted by molar-refractivity contribution is -0.118. The van der Waals surface area contributed by atoms with Crippen LogP contribution in [0.3, 0.4) is 0 Å². The Morgan fingerprint density at radius 2 is 1.92 bits per heavy atom. The summed E-state index contributed by atoms with van der Waals surface area (Å²) in [7, 11) is 0. The van der Waals surface area contributed by atoms with Gasteiger partial charge in [0, 0.05) is 11.4 Å². The summed E-state index contributed by atoms with van der Waals surface area (Å²) in [6.45, 7) is 5.26. The SMILES string of the molecule is CC(C)CCNC(=O)c1ccccc1SCC(=O)NCc1ccco1. The first kappa shape index (κ1) is 19.1. The van der Waals surface area contributed by atoms with E-state index in [9.17, 15) is 9.59 Å². The summed E-state index contributed by atoms with van der Waals surface area (Å²) in [6.07, 6.45) is 2.51. The summed E-state index contributed by atoms with van der Waals surface area (Å²) >= 11 is 1.36. The van der Waals surface area contributed by atoms with Gasteiger partial charge in [0.25, 0.3) is 5.91 Å². The molecule has 25 heavy (non-hydrogen) atoms. The lowest BCUT2D eigenvalue weighted by Gasteiger charge is -2.11. The van der Waals surface area contributed by atoms with Gasteiger partial charge in [-0.3, -0.25) is 9.59 Å². The molecule has 2 amide bonds. The molecule has 2 N–H and O–H groups in total. The Labute approximate surface area is 152 Å². The van der Waals surface area contributed by atoms with Crippen molar-refractivity contribution < 1.29 is 14.0 Å². The van der Waals surface area contributed by atoms with E-state index in [1.807, 2.05) is 24.3 Å². The highest BCUT2D eigenvalue weighted by Crippen LogP contribution is 2.22. The number of nitrogens with one attached hydrogen (secondary N) is 2. The summed E-state index contributed by atoms with van der Waals surface area (Å²) in [5, 5.41) is 5.73. The van der Waals surface area contributed by atoms with Crippen molar-refractivity contribution in [3.63, 3.8) is 0 Å². The molecule has 0 spiro atoms. The Morgan fingerprint density at radius 3 is 2.64 bits per heavy atom. The highest BCUT2D eigenvalue weighted by Gasteiger charge is 2.12. The summed E-state index contributed by atoms with van der Waals surface area (Å²) < 4.78 is 5.18. The zero-order valence-corrected chi connectivity index (χ0v) is 15.4. The number of amides is 2. The maximum Gasteiger partial charge on any atom is 0.252 e. The van der Waals surface area contributed by atoms with E-state index in [4.69, 9.17) is 4.42 Å². The van der Waals surface area contributed by atoms with Gasteiger partial charge in [0.1, 0.15) is 5.76 Å². The maximum absolute atomic E-state index is 12.3. The van der Waals surface area contributed by atoms with Gasteiger partial charge in [-0.15, -0.1) is 11.8 Å². The third-order valence-corrected chi connectivity index (χ3v) is 4.61. The number of benzene rings is 1. The van der Waals surface area contributed by atoms with Crippen LogP contribution >= 0.6 is 11.8 Å². The predicted octanol–water partition coefficient (Wildman–Crippen LogP) is 3.46. The van der Waals surface area contributed by atoms with Crippen LogP contribution in [0.15, 0.2) is 52.0 Å². The van der Waals surface area contributed by atoms with Crippen LogP contribution in [0.1, 0.15) is 36.4 Å². The van der Waals surface area contributed by atoms with Gasteiger partial charge in [0.2, 0.25) is 5.91 Å². The summed E-state index contributed by atoms with van der Waals surface area (Å²) in [4.78, 5) is 25.1. The molecule has 0 atom stereocenters. The van der Waals surface area contributed by atoms with E-state index in [2.05, 4.69) is 24.5 Å². The number of hydrogen-bond donors (Lipinski definition) is 2. The van der Waals surface area contributed by atoms with Gasteiger partial charge in [-0.05, 0) is 36.6 Å². The Hall–Kier alpha value is -2.21. The van der Waals surface area contributed by atoms with Crippen molar-refractivity contribution in [1.29, 1.82) is 0 Å². The number of hydrogen-bond acceptors (Lipinski definition) is 4. The van der Waals surface area contributed by atoms with Crippen LogP contribution in [0.25, 0.3) is 0 Å². The van der Waals surface area contributed by atoms with Crippen molar-refractivity contribution in [3.8, 4) is 0 Å². The van der Waals surface area contributed by atoms with E-state index in [1.54, 1.807) is 18.4 Å². The average molecular weight is 360 g/mol. The molecule has 0 aliphatic heterocycles. The Kier molecular flexibility index (Phi) is 7.60. The Bertz CT molecular complexity index is 684. The Morgan fingerprint density at radius 1 is 1.12 bits per heavy atom. The second-order valence-electron chi connectivity index (χ2n) is 6.08. The summed E-state index contributed by atoms with van der Waals surface area (Å²) in [5.41, 5.74) is 0.607. The first-order chi connectivity index (χ1) is 12.1. The topological polar surface area (TPSA) is 71.3 Å². The first-order valence-electron chi connectivity index (χ1n) is 8.35. The van der Waals surface area contributed by atoms with Crippen molar-refractivity contribution in [2.75, 3.05) is 12.3 Å². The van der Waals surface area contributed by atoms with Gasteiger partial charge in [-0.1, -0.05) is 26.0 Å². The summed E-state index contributed by atoms with van der Waals surface area (Å²) in [5.74, 6) is 1.30. The molecule has 0 aliphatic rings. The smallest absolute Gasteiger partial charge is 0.252 e. The fourth-order valence-electron chi connectivity index (χ4n) is 2.14. The van der Waals surface area contributed by atoms with E-state index in [-0.39, 0.29) is 17.6 Å². The van der Waals surface area contributed by atoms with Crippen LogP contribution in [0.5, 0.6) is 0 Å². The Balaban J connectivity index is 1.84. The van der Waals surface area contributed by atoms with Crippen LogP contribution < -0.4 is 10.6 Å². The standard InChI is InChI=1S/C19H24N2O3S/c1-14(2)9-10-20-19(23)16-7-3-4-8-17(16)25-13-18(22)21-12-15-6-5-11-24-15/h3-8,11,14H,9-10,12-13H2,1-2H3,(H,20,23)(H,21,22). The van der Waals surface area contributed by atoms with E-state index >= 15 is 0 Å². The fraction of sp³-hybridized carbons (Fsp3) is 0.368. The molecule has 0 radical (unpaired) electrons. The number of thioether (sulfide) groups is 1. The van der Waals surface area contributed by atoms with E-state index in [0.29, 0.717) is 30.3 Å². The number of furan rings is 1. The molecule has 0 fully saturated rings. The van der Waals surface area contributed by atoms with E-state index < -0.39 is 0 Å². The monoisotopic (exact) mass is 360 g/mol. The average Bonchev–Trinajstić information content (AvgIpc) is 3.11. The van der Waals surface area contributed by atoms with Crippen molar-refractivity contribution in [1.82, 2.24) is 10.6 Å². The van der Waals surface area contributed by atoms with Crippen LogP contribution in [-0.4, -0.2) is 24.1 Å². The zero-order valence-electron chi connectivity index (χ0n) is 14.6. The lowest BCUT2D eigenvalue weighted by Crippen LogP contribution is -2.26. The molecule has 0 bridgehead atoms. The predicted molar refractivity (Wildman–Crippen MR) is 99.5 cm³/mol. The highest BCUT2D eigenvalue weighted by molar-refractivity contribution is 8.00. The maximum atomic E-state index is 12.3. The van der Waals surface area contributed by atoms with Crippen molar-refractivity contribution in [3.05, 3.63) is 54.0 Å². The molecule has 0 saturated heterocycles. The van der Waals surface area contributed by atoms with Crippen LogP contribution in [0.4, 0.5) is 0 Å². The molecule has 1 heterocycles. The largest absolute Gasteiger partial charge is 0.467 e. The van der Waals surface area contributed by atoms with Crippen molar-refractivity contribution in [2.45, 2.75) is 31.7 Å². The fourth-order valence-corrected chi connectivity index (χ4v) is 3.02. The molecular formula is C19H24N2O3S. The van der Waals surface area contributed by atoms with Crippen molar-refractivity contribution >= 4 is 23.6 Å². The van der Waals surface area contributed by atoms with Crippen LogP contribution in [0, 0.1) is 5.92 Å². The van der Waals surface area contributed by atoms with Gasteiger partial charge < -0.3 is 15.1 Å². The summed E-state index contributed by atoms with van der Waals surface area (Å²) in [6, 6.07) is 10.9. The first-order valence-corrected chi connectivity index (χ1v) is 9.34. The minimum Gasteiger partial charge on any atom is -0.467 e. The van der Waals surface area contributed by atoms with Gasteiger partial charge in [0.05, 0.1) is 24.1 Å². The van der Waals surface area contributed by atoms with Crippen molar-refractivity contribution in [2.24, 2.45) is 5.92 Å². The lowest BCUT2D eigenvalue weighted by atomic mass is 10.1. The zero-order chi connectivity index (χ0) is 18.1. The van der Waals surface area contributed by atoms with Gasteiger partial charge >= 0.3 is 0 Å².